The molecule has 2 unspecified atom stereocenters. The Balaban J connectivity index is 3.84. The number of ether oxygens (including phenoxy) is 2. The molecule has 11 nitrogen and oxygen atoms in total. The third-order valence-corrected chi connectivity index (χ3v) is 6.62. The van der Waals surface area contributed by atoms with Crippen molar-refractivity contribution in [3.63, 3.8) is 0 Å². The molecule has 0 aliphatic rings. The fraction of sp³-hybridized carbons (Fsp3) is 0.700. The average molecular weight is 514 g/mol. The van der Waals surface area contributed by atoms with E-state index in [1.165, 1.54) is 0 Å². The fourth-order valence-electron chi connectivity index (χ4n) is 2.23. The first-order chi connectivity index (χ1) is 15.4. The maximum atomic E-state index is 11.8. The highest BCUT2D eigenvalue weighted by molar-refractivity contribution is 7.61. The third kappa shape index (κ3) is 18.8. The van der Waals surface area contributed by atoms with Crippen molar-refractivity contribution in [2.24, 2.45) is 0 Å². The molecule has 0 amide bonds. The van der Waals surface area contributed by atoms with Crippen molar-refractivity contribution in [3.8, 4) is 0 Å². The highest BCUT2D eigenvalue weighted by Crippen LogP contribution is 2.60. The molecule has 192 valence electrons. The number of hydrogen-bond acceptors (Lipinski definition) is 9. The summed E-state index contributed by atoms with van der Waals surface area (Å²) in [7, 11) is -9.52. The monoisotopic (exact) mass is 514 g/mol. The molecule has 0 aromatic carbocycles. The summed E-state index contributed by atoms with van der Waals surface area (Å²) in [6.45, 7) is 10.2. The molecule has 0 aliphatic carbocycles. The number of phosphoric ester groups is 2. The van der Waals surface area contributed by atoms with Crippen LogP contribution in [0.2, 0.25) is 0 Å². The standard InChI is InChI=1S/C20H36O11P2/c1-17(2)19(21)27-13-9-5-7-11-15-29-32(23,24)31-33(25,26)30-16-12-8-6-10-14-28-20(22)18(3)4/h1,3,5-16H2,2,4H3,(H,23,24)(H,25,26). The summed E-state index contributed by atoms with van der Waals surface area (Å²) < 4.78 is 47.1. The zero-order valence-electron chi connectivity index (χ0n) is 19.4. The van der Waals surface area contributed by atoms with Crippen LogP contribution in [-0.4, -0.2) is 48.2 Å². The van der Waals surface area contributed by atoms with Crippen molar-refractivity contribution < 1.29 is 51.3 Å². The Bertz CT molecular complexity index is 676. The minimum absolute atomic E-state index is 0.157. The number of hydrogen-bond donors (Lipinski definition) is 2. The minimum Gasteiger partial charge on any atom is -0.462 e. The van der Waals surface area contributed by atoms with E-state index < -0.39 is 27.6 Å². The highest BCUT2D eigenvalue weighted by Gasteiger charge is 2.34. The van der Waals surface area contributed by atoms with Crippen molar-refractivity contribution in [1.29, 1.82) is 0 Å². The van der Waals surface area contributed by atoms with E-state index in [2.05, 4.69) is 26.5 Å². The van der Waals surface area contributed by atoms with Gasteiger partial charge in [0.1, 0.15) is 0 Å². The maximum absolute atomic E-state index is 11.8. The van der Waals surface area contributed by atoms with Gasteiger partial charge in [-0.3, -0.25) is 9.05 Å². The number of unbranched alkanes of at least 4 members (excludes halogenated alkanes) is 6. The first-order valence-corrected chi connectivity index (χ1v) is 13.7. The fourth-order valence-corrected chi connectivity index (χ4v) is 4.37. The molecule has 0 bridgehead atoms. The predicted octanol–water partition coefficient (Wildman–Crippen LogP) is 4.60. The molecule has 0 heterocycles. The zero-order valence-corrected chi connectivity index (χ0v) is 21.2. The molecule has 0 fully saturated rings. The van der Waals surface area contributed by atoms with Gasteiger partial charge in [0.25, 0.3) is 0 Å². The summed E-state index contributed by atoms with van der Waals surface area (Å²) in [6.07, 6.45) is 4.69. The van der Waals surface area contributed by atoms with Gasteiger partial charge in [0.05, 0.1) is 26.4 Å². The van der Waals surface area contributed by atoms with Gasteiger partial charge in [-0.1, -0.05) is 26.0 Å². The SMILES string of the molecule is C=C(C)C(=O)OCCCCCCOP(=O)(O)OP(=O)(O)OCCCCCCOC(=O)C(=C)C. The lowest BCUT2D eigenvalue weighted by Gasteiger charge is -2.16. The van der Waals surface area contributed by atoms with Gasteiger partial charge in [-0.15, -0.1) is 0 Å². The van der Waals surface area contributed by atoms with Crippen LogP contribution in [0.5, 0.6) is 0 Å². The average Bonchev–Trinajstić information content (AvgIpc) is 2.70. The molecular formula is C20H36O11P2. The van der Waals surface area contributed by atoms with Gasteiger partial charge in [0, 0.05) is 11.1 Å². The van der Waals surface area contributed by atoms with Crippen molar-refractivity contribution >= 4 is 27.6 Å². The molecule has 0 aromatic heterocycles. The van der Waals surface area contributed by atoms with Crippen LogP contribution in [0, 0.1) is 0 Å². The summed E-state index contributed by atoms with van der Waals surface area (Å²) in [5, 5.41) is 0. The second-order valence-corrected chi connectivity index (χ2v) is 10.4. The third-order valence-electron chi connectivity index (χ3n) is 3.96. The Hall–Kier alpha value is -1.32. The van der Waals surface area contributed by atoms with E-state index in [1.54, 1.807) is 13.8 Å². The molecule has 13 heteroatoms. The molecule has 0 saturated carbocycles. The lowest BCUT2D eigenvalue weighted by Crippen LogP contribution is -2.06. The number of rotatable bonds is 20. The van der Waals surface area contributed by atoms with Crippen LogP contribution in [0.15, 0.2) is 24.3 Å². The largest absolute Gasteiger partial charge is 0.481 e. The number of carbonyl (C=O) groups excluding carboxylic acids is 2. The van der Waals surface area contributed by atoms with Crippen LogP contribution < -0.4 is 0 Å². The van der Waals surface area contributed by atoms with Crippen molar-refractivity contribution in [3.05, 3.63) is 24.3 Å². The van der Waals surface area contributed by atoms with Gasteiger partial charge in [0.2, 0.25) is 0 Å². The van der Waals surface area contributed by atoms with Crippen molar-refractivity contribution in [2.45, 2.75) is 65.2 Å². The predicted molar refractivity (Wildman–Crippen MR) is 121 cm³/mol. The van der Waals surface area contributed by atoms with Crippen LogP contribution in [0.25, 0.3) is 0 Å². The van der Waals surface area contributed by atoms with Crippen LogP contribution in [0.4, 0.5) is 0 Å². The minimum atomic E-state index is -4.76. The number of esters is 2. The maximum Gasteiger partial charge on any atom is 0.481 e. The van der Waals surface area contributed by atoms with Gasteiger partial charge in [-0.2, -0.15) is 4.31 Å². The summed E-state index contributed by atoms with van der Waals surface area (Å²) in [4.78, 5) is 41.5. The van der Waals surface area contributed by atoms with E-state index in [1.807, 2.05) is 0 Å². The van der Waals surface area contributed by atoms with Gasteiger partial charge in [-0.25, -0.2) is 18.7 Å². The molecular weight excluding hydrogens is 478 g/mol. The molecule has 33 heavy (non-hydrogen) atoms. The van der Waals surface area contributed by atoms with Crippen LogP contribution >= 0.6 is 15.6 Å². The second-order valence-electron chi connectivity index (χ2n) is 7.35. The summed E-state index contributed by atoms with van der Waals surface area (Å²) >= 11 is 0. The normalized spacial score (nSPS) is 14.7. The van der Waals surface area contributed by atoms with E-state index in [4.69, 9.17) is 9.47 Å². The molecule has 2 N–H and O–H groups in total. The Kier molecular flexibility index (Phi) is 16.5. The molecule has 0 aliphatic heterocycles. The Morgan fingerprint density at radius 1 is 0.636 bits per heavy atom. The highest BCUT2D eigenvalue weighted by atomic mass is 31.3. The molecule has 0 aromatic rings. The molecule has 0 radical (unpaired) electrons. The molecule has 0 spiro atoms. The van der Waals surface area contributed by atoms with Crippen molar-refractivity contribution in [1.82, 2.24) is 0 Å². The van der Waals surface area contributed by atoms with Crippen LogP contribution in [0.3, 0.4) is 0 Å². The van der Waals surface area contributed by atoms with E-state index in [9.17, 15) is 28.5 Å². The summed E-state index contributed by atoms with van der Waals surface area (Å²) in [6, 6.07) is 0. The smallest absolute Gasteiger partial charge is 0.462 e. The molecule has 2 atom stereocenters. The summed E-state index contributed by atoms with van der Waals surface area (Å²) in [5.74, 6) is -0.900. The van der Waals surface area contributed by atoms with Crippen LogP contribution in [-0.2, 0) is 41.6 Å². The van der Waals surface area contributed by atoms with Gasteiger partial charge in [-0.05, 0) is 52.4 Å². The van der Waals surface area contributed by atoms with Gasteiger partial charge < -0.3 is 19.3 Å². The first kappa shape index (κ1) is 31.7. The Labute approximate surface area is 195 Å². The van der Waals surface area contributed by atoms with Gasteiger partial charge >= 0.3 is 27.6 Å². The van der Waals surface area contributed by atoms with Crippen LogP contribution in [0.1, 0.15) is 65.2 Å². The number of carbonyl (C=O) groups is 2. The van der Waals surface area contributed by atoms with E-state index >= 15 is 0 Å². The lowest BCUT2D eigenvalue weighted by atomic mass is 10.2. The summed E-state index contributed by atoms with van der Waals surface area (Å²) in [5.41, 5.74) is 0.650. The quantitative estimate of drug-likeness (QED) is 0.101. The topological polar surface area (TPSA) is 155 Å². The van der Waals surface area contributed by atoms with E-state index in [-0.39, 0.29) is 26.4 Å². The molecule has 0 saturated heterocycles. The lowest BCUT2D eigenvalue weighted by molar-refractivity contribution is -0.139. The number of phosphoric acid groups is 2. The van der Waals surface area contributed by atoms with E-state index in [0.717, 1.165) is 0 Å². The van der Waals surface area contributed by atoms with Crippen molar-refractivity contribution in [2.75, 3.05) is 26.4 Å². The van der Waals surface area contributed by atoms with Gasteiger partial charge in [0.15, 0.2) is 0 Å². The molecule has 0 rings (SSSR count). The zero-order chi connectivity index (χ0) is 25.3. The van der Waals surface area contributed by atoms with E-state index in [0.29, 0.717) is 62.5 Å². The second kappa shape index (κ2) is 17.2. The Morgan fingerprint density at radius 3 is 1.24 bits per heavy atom. The first-order valence-electron chi connectivity index (χ1n) is 10.7. The Morgan fingerprint density at radius 2 is 0.939 bits per heavy atom.